The van der Waals surface area contributed by atoms with Crippen LogP contribution in [0.3, 0.4) is 0 Å². The molecule has 0 bridgehead atoms. The molecule has 4 rings (SSSR count). The van der Waals surface area contributed by atoms with E-state index >= 15 is 0 Å². The third kappa shape index (κ3) is 6.61. The molecule has 2 aromatic carbocycles. The molecule has 3 N–H and O–H groups in total. The van der Waals surface area contributed by atoms with E-state index in [-0.39, 0.29) is 30.8 Å². The second kappa shape index (κ2) is 12.2. The number of carbonyl (C=O) groups excluding carboxylic acids is 1. The normalized spacial score (nSPS) is 21.9. The van der Waals surface area contributed by atoms with Gasteiger partial charge in [-0.2, -0.15) is 0 Å². The molecule has 1 aromatic heterocycles. The first-order valence-corrected chi connectivity index (χ1v) is 12.7. The van der Waals surface area contributed by atoms with Crippen molar-refractivity contribution < 1.29 is 19.4 Å². The fourth-order valence-corrected chi connectivity index (χ4v) is 5.04. The first-order valence-electron chi connectivity index (χ1n) is 11.8. The van der Waals surface area contributed by atoms with Crippen LogP contribution < -0.4 is 10.6 Å². The van der Waals surface area contributed by atoms with Crippen molar-refractivity contribution in [3.05, 3.63) is 89.6 Å². The van der Waals surface area contributed by atoms with E-state index in [1.54, 1.807) is 18.0 Å². The van der Waals surface area contributed by atoms with Gasteiger partial charge in [-0.1, -0.05) is 49.4 Å². The van der Waals surface area contributed by atoms with Crippen LogP contribution in [0.1, 0.15) is 42.9 Å². The van der Waals surface area contributed by atoms with Crippen molar-refractivity contribution in [2.45, 2.75) is 44.0 Å². The lowest BCUT2D eigenvalue weighted by atomic mass is 9.91. The van der Waals surface area contributed by atoms with Gasteiger partial charge in [0.05, 0.1) is 23.8 Å². The molecule has 0 spiro atoms. The largest absolute Gasteiger partial charge is 0.392 e. The highest BCUT2D eigenvalue weighted by atomic mass is 32.2. The second-order valence-corrected chi connectivity index (χ2v) is 9.45. The Morgan fingerprint density at radius 1 is 1.06 bits per heavy atom. The van der Waals surface area contributed by atoms with Crippen molar-refractivity contribution in [1.29, 1.82) is 0 Å². The first-order chi connectivity index (χ1) is 17.1. The van der Waals surface area contributed by atoms with E-state index in [9.17, 15) is 9.90 Å². The molecule has 0 unspecified atom stereocenters. The van der Waals surface area contributed by atoms with Gasteiger partial charge >= 0.3 is 6.03 Å². The number of nitrogens with zero attached hydrogens (tertiary/aromatic N) is 1. The number of benzene rings is 2. The Morgan fingerprint density at radius 3 is 2.60 bits per heavy atom. The van der Waals surface area contributed by atoms with Gasteiger partial charge in [0.1, 0.15) is 0 Å². The maximum atomic E-state index is 12.0. The highest BCUT2D eigenvalue weighted by Gasteiger charge is 2.38. The molecule has 0 saturated carbocycles. The first kappa shape index (κ1) is 25.2. The summed E-state index contributed by atoms with van der Waals surface area (Å²) >= 11 is 1.66. The standard InChI is InChI=1S/C27H31N3O4S/c1-3-28-27(32)30-22-8-6-7-21(15-22)26-33-23(17-35-24-9-4-5-14-29-24)18(2)25(34-26)20-12-10-19(16-31)11-13-20/h4-15,18,23,25-26,31H,3,16-17H2,1-2H3,(H2,28,30,32)/t18-,23+,25+,26+/m0/s1. The fraction of sp³-hybridized carbons (Fsp3) is 0.333. The van der Waals surface area contributed by atoms with Crippen molar-refractivity contribution in [3.63, 3.8) is 0 Å². The Balaban J connectivity index is 1.57. The number of rotatable bonds is 8. The van der Waals surface area contributed by atoms with E-state index in [2.05, 4.69) is 22.5 Å². The van der Waals surface area contributed by atoms with Crippen molar-refractivity contribution in [3.8, 4) is 0 Å². The summed E-state index contributed by atoms with van der Waals surface area (Å²) in [5.41, 5.74) is 3.39. The number of nitrogens with one attached hydrogen (secondary N) is 2. The molecular formula is C27H31N3O4S. The fourth-order valence-electron chi connectivity index (χ4n) is 4.01. The molecule has 1 aliphatic heterocycles. The van der Waals surface area contributed by atoms with Crippen LogP contribution in [0.25, 0.3) is 0 Å². The third-order valence-corrected chi connectivity index (χ3v) is 6.94. The number of pyridine rings is 1. The smallest absolute Gasteiger partial charge is 0.319 e. The van der Waals surface area contributed by atoms with Crippen LogP contribution in [0, 0.1) is 5.92 Å². The number of ether oxygens (including phenoxy) is 2. The summed E-state index contributed by atoms with van der Waals surface area (Å²) in [4.78, 5) is 16.4. The minimum absolute atomic E-state index is 0.00182. The Morgan fingerprint density at radius 2 is 1.89 bits per heavy atom. The molecule has 8 heteroatoms. The van der Waals surface area contributed by atoms with E-state index in [1.807, 2.05) is 73.7 Å². The number of aliphatic hydroxyl groups excluding tert-OH is 1. The summed E-state index contributed by atoms with van der Waals surface area (Å²) in [7, 11) is 0. The molecule has 1 aliphatic rings. The number of thioether (sulfide) groups is 1. The Kier molecular flexibility index (Phi) is 8.76. The summed E-state index contributed by atoms with van der Waals surface area (Å²) in [5, 5.41) is 16.0. The van der Waals surface area contributed by atoms with E-state index in [0.29, 0.717) is 12.2 Å². The van der Waals surface area contributed by atoms with Crippen molar-refractivity contribution in [1.82, 2.24) is 10.3 Å². The van der Waals surface area contributed by atoms with Crippen LogP contribution in [0.4, 0.5) is 10.5 Å². The third-order valence-electron chi connectivity index (χ3n) is 5.91. The molecular weight excluding hydrogens is 462 g/mol. The van der Waals surface area contributed by atoms with E-state index in [0.717, 1.165) is 27.5 Å². The van der Waals surface area contributed by atoms with Crippen molar-refractivity contribution in [2.24, 2.45) is 5.92 Å². The highest BCUT2D eigenvalue weighted by molar-refractivity contribution is 7.99. The lowest BCUT2D eigenvalue weighted by molar-refractivity contribution is -0.268. The van der Waals surface area contributed by atoms with Gasteiger partial charge in [-0.05, 0) is 42.3 Å². The van der Waals surface area contributed by atoms with Crippen LogP contribution in [-0.4, -0.2) is 34.5 Å². The van der Waals surface area contributed by atoms with Crippen LogP contribution in [0.15, 0.2) is 78.0 Å². The van der Waals surface area contributed by atoms with Crippen LogP contribution in [-0.2, 0) is 16.1 Å². The number of anilines is 1. The zero-order chi connectivity index (χ0) is 24.6. The molecule has 2 heterocycles. The second-order valence-electron chi connectivity index (χ2n) is 8.41. The predicted molar refractivity (Wildman–Crippen MR) is 137 cm³/mol. The van der Waals surface area contributed by atoms with Gasteiger partial charge in [-0.3, -0.25) is 0 Å². The highest BCUT2D eigenvalue weighted by Crippen LogP contribution is 2.43. The number of aliphatic hydroxyl groups is 1. The number of hydrogen-bond donors (Lipinski definition) is 3. The summed E-state index contributed by atoms with van der Waals surface area (Å²) in [6.07, 6.45) is 0.899. The van der Waals surface area contributed by atoms with E-state index in [1.165, 1.54) is 0 Å². The average Bonchev–Trinajstić information content (AvgIpc) is 2.89. The number of hydrogen-bond acceptors (Lipinski definition) is 6. The number of amides is 2. The lowest BCUT2D eigenvalue weighted by Gasteiger charge is -2.41. The van der Waals surface area contributed by atoms with Gasteiger partial charge in [0, 0.05) is 35.7 Å². The van der Waals surface area contributed by atoms with Crippen molar-refractivity contribution >= 4 is 23.5 Å². The maximum absolute atomic E-state index is 12.0. The quantitative estimate of drug-likeness (QED) is 0.369. The SMILES string of the molecule is CCNC(=O)Nc1cccc([C@@H]2O[C@H](CSc3ccccn3)[C@H](C)[C@H](c3ccc(CO)cc3)O2)c1. The van der Waals surface area contributed by atoms with E-state index in [4.69, 9.17) is 9.47 Å². The molecule has 2 amide bonds. The molecule has 1 fully saturated rings. The lowest BCUT2D eigenvalue weighted by Crippen LogP contribution is -2.38. The van der Waals surface area contributed by atoms with Gasteiger partial charge in [0.15, 0.2) is 6.29 Å². The van der Waals surface area contributed by atoms with Gasteiger partial charge in [-0.15, -0.1) is 11.8 Å². The molecule has 0 aliphatic carbocycles. The summed E-state index contributed by atoms with van der Waals surface area (Å²) in [6.45, 7) is 4.56. The van der Waals surface area contributed by atoms with Gasteiger partial charge in [0.25, 0.3) is 0 Å². The molecule has 1 saturated heterocycles. The number of carbonyl (C=O) groups is 1. The predicted octanol–water partition coefficient (Wildman–Crippen LogP) is 5.30. The summed E-state index contributed by atoms with van der Waals surface area (Å²) in [5.74, 6) is 0.805. The van der Waals surface area contributed by atoms with Gasteiger partial charge < -0.3 is 25.2 Å². The Hall–Kier alpha value is -2.91. The van der Waals surface area contributed by atoms with Gasteiger partial charge in [0.2, 0.25) is 0 Å². The van der Waals surface area contributed by atoms with E-state index < -0.39 is 6.29 Å². The molecule has 3 aromatic rings. The Bertz CT molecular complexity index is 1100. The summed E-state index contributed by atoms with van der Waals surface area (Å²) < 4.78 is 13.0. The zero-order valence-electron chi connectivity index (χ0n) is 19.9. The minimum atomic E-state index is -0.598. The minimum Gasteiger partial charge on any atom is -0.392 e. The van der Waals surface area contributed by atoms with Crippen LogP contribution in [0.5, 0.6) is 0 Å². The topological polar surface area (TPSA) is 92.7 Å². The van der Waals surface area contributed by atoms with Crippen LogP contribution in [0.2, 0.25) is 0 Å². The van der Waals surface area contributed by atoms with Crippen molar-refractivity contribution in [2.75, 3.05) is 17.6 Å². The molecule has 0 radical (unpaired) electrons. The maximum Gasteiger partial charge on any atom is 0.319 e. The molecule has 4 atom stereocenters. The molecule has 35 heavy (non-hydrogen) atoms. The summed E-state index contributed by atoms with van der Waals surface area (Å²) in [6, 6.07) is 21.0. The van der Waals surface area contributed by atoms with Gasteiger partial charge in [-0.25, -0.2) is 9.78 Å². The number of urea groups is 1. The zero-order valence-corrected chi connectivity index (χ0v) is 20.7. The number of aromatic nitrogens is 1. The Labute approximate surface area is 210 Å². The molecule has 184 valence electrons. The van der Waals surface area contributed by atoms with Crippen LogP contribution >= 0.6 is 11.8 Å². The monoisotopic (exact) mass is 493 g/mol. The average molecular weight is 494 g/mol. The molecule has 7 nitrogen and oxygen atoms in total.